The smallest absolute Gasteiger partial charge is 0.221 e. The van der Waals surface area contributed by atoms with Crippen molar-refractivity contribution in [3.8, 4) is 5.75 Å². The summed E-state index contributed by atoms with van der Waals surface area (Å²) in [6.07, 6.45) is 3.00. The first kappa shape index (κ1) is 17.2. The molecule has 132 valence electrons. The first-order valence-corrected chi connectivity index (χ1v) is 8.97. The second-order valence-corrected chi connectivity index (χ2v) is 6.96. The van der Waals surface area contributed by atoms with E-state index >= 15 is 0 Å². The average Bonchev–Trinajstić information content (AvgIpc) is 3.01. The maximum atomic E-state index is 12.1. The molecular weight excluding hydrogens is 304 g/mol. The van der Waals surface area contributed by atoms with Crippen molar-refractivity contribution in [2.24, 2.45) is 0 Å². The molecule has 2 aliphatic heterocycles. The minimum absolute atomic E-state index is 0.104. The molecule has 0 spiro atoms. The number of carbonyl (C=O) groups excluding carboxylic acids is 1. The van der Waals surface area contributed by atoms with Gasteiger partial charge >= 0.3 is 0 Å². The van der Waals surface area contributed by atoms with E-state index in [1.165, 1.54) is 11.1 Å². The van der Waals surface area contributed by atoms with Crippen LogP contribution in [-0.4, -0.2) is 49.3 Å². The summed E-state index contributed by atoms with van der Waals surface area (Å²) >= 11 is 0. The number of benzene rings is 1. The van der Waals surface area contributed by atoms with Crippen molar-refractivity contribution in [1.29, 1.82) is 0 Å². The van der Waals surface area contributed by atoms with Gasteiger partial charge in [0.05, 0.1) is 6.10 Å². The first-order chi connectivity index (χ1) is 11.6. The van der Waals surface area contributed by atoms with Crippen LogP contribution < -0.4 is 10.1 Å². The van der Waals surface area contributed by atoms with Crippen molar-refractivity contribution >= 4 is 5.91 Å². The van der Waals surface area contributed by atoms with Crippen LogP contribution in [0, 0.1) is 6.92 Å². The highest BCUT2D eigenvalue weighted by atomic mass is 16.5. The van der Waals surface area contributed by atoms with Gasteiger partial charge in [-0.05, 0) is 32.8 Å². The summed E-state index contributed by atoms with van der Waals surface area (Å²) < 4.78 is 11.5. The Hall–Kier alpha value is -1.59. The fourth-order valence-electron chi connectivity index (χ4n) is 3.42. The second kappa shape index (κ2) is 7.99. The molecule has 24 heavy (non-hydrogen) atoms. The van der Waals surface area contributed by atoms with Gasteiger partial charge in [-0.1, -0.05) is 17.7 Å². The fourth-order valence-corrected chi connectivity index (χ4v) is 3.42. The molecule has 1 fully saturated rings. The number of amides is 1. The summed E-state index contributed by atoms with van der Waals surface area (Å²) in [5, 5.41) is 3.00. The van der Waals surface area contributed by atoms with Crippen LogP contribution in [0.1, 0.15) is 37.3 Å². The average molecular weight is 332 g/mol. The minimum atomic E-state index is 0.104. The molecular formula is C19H28N2O3. The normalized spacial score (nSPS) is 24.1. The van der Waals surface area contributed by atoms with E-state index < -0.39 is 0 Å². The van der Waals surface area contributed by atoms with E-state index in [0.717, 1.165) is 44.8 Å². The Morgan fingerprint density at radius 1 is 1.42 bits per heavy atom. The number of aryl methyl sites for hydroxylation is 1. The molecule has 0 radical (unpaired) electrons. The molecule has 1 amide bonds. The molecule has 3 rings (SSSR count). The van der Waals surface area contributed by atoms with Gasteiger partial charge in [-0.3, -0.25) is 9.69 Å². The van der Waals surface area contributed by atoms with Gasteiger partial charge in [0.2, 0.25) is 5.91 Å². The largest absolute Gasteiger partial charge is 0.489 e. The topological polar surface area (TPSA) is 50.8 Å². The van der Waals surface area contributed by atoms with Gasteiger partial charge in [-0.15, -0.1) is 0 Å². The highest BCUT2D eigenvalue weighted by molar-refractivity contribution is 5.76. The number of carbonyl (C=O) groups is 1. The van der Waals surface area contributed by atoms with Crippen LogP contribution in [0.25, 0.3) is 0 Å². The fraction of sp³-hybridized carbons (Fsp3) is 0.632. The Kier molecular flexibility index (Phi) is 5.74. The van der Waals surface area contributed by atoms with Gasteiger partial charge in [-0.25, -0.2) is 0 Å². The van der Waals surface area contributed by atoms with Crippen molar-refractivity contribution in [2.75, 3.05) is 26.2 Å². The molecule has 1 saturated heterocycles. The number of rotatable bonds is 5. The van der Waals surface area contributed by atoms with E-state index in [1.807, 2.05) is 0 Å². The third-order valence-corrected chi connectivity index (χ3v) is 4.66. The van der Waals surface area contributed by atoms with E-state index in [2.05, 4.69) is 42.3 Å². The van der Waals surface area contributed by atoms with Gasteiger partial charge in [0.1, 0.15) is 11.9 Å². The molecule has 0 bridgehead atoms. The zero-order valence-corrected chi connectivity index (χ0v) is 14.7. The zero-order valence-electron chi connectivity index (χ0n) is 14.7. The van der Waals surface area contributed by atoms with Gasteiger partial charge in [0, 0.05) is 44.8 Å². The number of nitrogens with zero attached hydrogens (tertiary/aromatic N) is 1. The van der Waals surface area contributed by atoms with E-state index in [4.69, 9.17) is 9.47 Å². The van der Waals surface area contributed by atoms with Crippen LogP contribution in [0.4, 0.5) is 0 Å². The summed E-state index contributed by atoms with van der Waals surface area (Å²) in [6, 6.07) is 6.32. The quantitative estimate of drug-likeness (QED) is 0.899. The molecule has 1 aromatic rings. The van der Waals surface area contributed by atoms with Crippen molar-refractivity contribution < 1.29 is 14.3 Å². The Morgan fingerprint density at radius 3 is 3.08 bits per heavy atom. The van der Waals surface area contributed by atoms with Crippen LogP contribution in [0.2, 0.25) is 0 Å². The lowest BCUT2D eigenvalue weighted by Crippen LogP contribution is -2.36. The summed E-state index contributed by atoms with van der Waals surface area (Å²) in [7, 11) is 0. The summed E-state index contributed by atoms with van der Waals surface area (Å²) in [6.45, 7) is 8.06. The van der Waals surface area contributed by atoms with E-state index in [0.29, 0.717) is 13.0 Å². The lowest BCUT2D eigenvalue weighted by molar-refractivity contribution is -0.122. The molecule has 1 N–H and O–H groups in total. The van der Waals surface area contributed by atoms with Crippen molar-refractivity contribution in [2.45, 2.75) is 51.9 Å². The van der Waals surface area contributed by atoms with Crippen molar-refractivity contribution in [3.63, 3.8) is 0 Å². The molecule has 5 nitrogen and oxygen atoms in total. The molecule has 5 heteroatoms. The van der Waals surface area contributed by atoms with E-state index in [1.54, 1.807) is 0 Å². The number of hydrogen-bond acceptors (Lipinski definition) is 4. The van der Waals surface area contributed by atoms with Crippen LogP contribution in [0.3, 0.4) is 0 Å². The molecule has 0 aliphatic carbocycles. The summed E-state index contributed by atoms with van der Waals surface area (Å²) in [5.74, 6) is 1.08. The van der Waals surface area contributed by atoms with Crippen molar-refractivity contribution in [1.82, 2.24) is 10.2 Å². The van der Waals surface area contributed by atoms with Crippen molar-refractivity contribution in [3.05, 3.63) is 29.3 Å². The Bertz CT molecular complexity index is 570. The second-order valence-electron chi connectivity index (χ2n) is 6.96. The van der Waals surface area contributed by atoms with E-state index in [-0.39, 0.29) is 18.1 Å². The zero-order chi connectivity index (χ0) is 16.9. The SMILES string of the molecule is Cc1ccc2c(c1)CN(CCC(=O)NC[C@H]1CCCO1)C[C@H](C)O2. The molecule has 2 atom stereocenters. The standard InChI is InChI=1S/C19H28N2O3/c1-14-5-6-18-16(10-14)13-21(12-15(2)24-18)8-7-19(22)20-11-17-4-3-9-23-17/h5-6,10,15,17H,3-4,7-9,11-13H2,1-2H3,(H,20,22)/t15-,17+/m0/s1. The lowest BCUT2D eigenvalue weighted by Gasteiger charge is -2.21. The third kappa shape index (κ3) is 4.71. The van der Waals surface area contributed by atoms with Gasteiger partial charge in [-0.2, -0.15) is 0 Å². The van der Waals surface area contributed by atoms with Crippen LogP contribution in [0.5, 0.6) is 5.75 Å². The van der Waals surface area contributed by atoms with Gasteiger partial charge in [0.25, 0.3) is 0 Å². The first-order valence-electron chi connectivity index (χ1n) is 8.97. The minimum Gasteiger partial charge on any atom is -0.489 e. The molecule has 0 aromatic heterocycles. The van der Waals surface area contributed by atoms with Crippen LogP contribution in [0.15, 0.2) is 18.2 Å². The number of hydrogen-bond donors (Lipinski definition) is 1. The lowest BCUT2D eigenvalue weighted by atomic mass is 10.1. The highest BCUT2D eigenvalue weighted by Gasteiger charge is 2.21. The van der Waals surface area contributed by atoms with Crippen LogP contribution >= 0.6 is 0 Å². The Morgan fingerprint density at radius 2 is 2.29 bits per heavy atom. The number of ether oxygens (including phenoxy) is 2. The number of fused-ring (bicyclic) bond motifs is 1. The van der Waals surface area contributed by atoms with Gasteiger partial charge in [0.15, 0.2) is 0 Å². The Balaban J connectivity index is 1.49. The highest BCUT2D eigenvalue weighted by Crippen LogP contribution is 2.26. The predicted octanol–water partition coefficient (Wildman–Crippen LogP) is 2.26. The summed E-state index contributed by atoms with van der Waals surface area (Å²) in [5.41, 5.74) is 2.44. The maximum absolute atomic E-state index is 12.1. The maximum Gasteiger partial charge on any atom is 0.221 e. The molecule has 0 saturated carbocycles. The van der Waals surface area contributed by atoms with E-state index in [9.17, 15) is 4.79 Å². The predicted molar refractivity (Wildman–Crippen MR) is 93.1 cm³/mol. The monoisotopic (exact) mass is 332 g/mol. The summed E-state index contributed by atoms with van der Waals surface area (Å²) in [4.78, 5) is 14.4. The molecule has 2 heterocycles. The molecule has 2 aliphatic rings. The molecule has 1 aromatic carbocycles. The van der Waals surface area contributed by atoms with Crippen LogP contribution in [-0.2, 0) is 16.1 Å². The van der Waals surface area contributed by atoms with Gasteiger partial charge < -0.3 is 14.8 Å². The molecule has 0 unspecified atom stereocenters. The Labute approximate surface area is 144 Å². The third-order valence-electron chi connectivity index (χ3n) is 4.66. The number of nitrogens with one attached hydrogen (secondary N) is 1.